The lowest BCUT2D eigenvalue weighted by Crippen LogP contribution is -2.03. The minimum Gasteiger partial charge on any atom is -0.383 e. The molecule has 2 heterocycles. The Labute approximate surface area is 143 Å². The Kier molecular flexibility index (Phi) is 3.69. The van der Waals surface area contributed by atoms with Crippen LogP contribution in [0.3, 0.4) is 0 Å². The molecule has 3 aromatic rings. The number of nitrogens with one attached hydrogen (secondary N) is 1. The molecule has 1 fully saturated rings. The topological polar surface area (TPSA) is 84.7 Å². The second-order valence-corrected chi connectivity index (χ2v) is 6.20. The number of hydrogen-bond acceptors (Lipinski definition) is 4. The van der Waals surface area contributed by atoms with Gasteiger partial charge in [0.1, 0.15) is 23.6 Å². The van der Waals surface area contributed by atoms with Crippen molar-refractivity contribution in [3.8, 4) is 11.8 Å². The molecule has 0 radical (unpaired) electrons. The van der Waals surface area contributed by atoms with E-state index >= 15 is 0 Å². The van der Waals surface area contributed by atoms with Crippen LogP contribution in [0.25, 0.3) is 11.0 Å². The van der Waals surface area contributed by atoms with Gasteiger partial charge >= 0.3 is 0 Å². The molecule has 1 aromatic carbocycles. The largest absolute Gasteiger partial charge is 0.383 e. The molecule has 0 atom stereocenters. The summed E-state index contributed by atoms with van der Waals surface area (Å²) in [5.74, 6) is 6.04. The number of hydrogen-bond donors (Lipinski definition) is 2. The number of nitrogens with two attached hydrogens (primary N) is 1. The van der Waals surface area contributed by atoms with E-state index in [4.69, 9.17) is 5.73 Å². The van der Waals surface area contributed by atoms with Crippen LogP contribution in [0.4, 0.5) is 10.2 Å². The molecular formula is C19H15FN4O. The molecule has 1 aliphatic rings. The monoisotopic (exact) mass is 334 g/mol. The van der Waals surface area contributed by atoms with Crippen molar-refractivity contribution < 1.29 is 9.18 Å². The number of benzene rings is 1. The number of nitrogen functional groups attached to an aromatic ring is 1. The van der Waals surface area contributed by atoms with Crippen LogP contribution in [0.5, 0.6) is 0 Å². The highest BCUT2D eigenvalue weighted by Crippen LogP contribution is 2.33. The number of fused-ring (bicyclic) bond motifs is 1. The molecule has 25 heavy (non-hydrogen) atoms. The molecule has 1 aliphatic carbocycles. The first-order chi connectivity index (χ1) is 12.1. The first-order valence-electron chi connectivity index (χ1n) is 8.04. The number of carbonyl (C=O) groups excluding carboxylic acids is 1. The van der Waals surface area contributed by atoms with Crippen molar-refractivity contribution in [3.05, 3.63) is 53.2 Å². The Morgan fingerprint density at radius 2 is 2.16 bits per heavy atom. The average Bonchev–Trinajstić information content (AvgIpc) is 3.31. The molecule has 3 N–H and O–H groups in total. The maximum absolute atomic E-state index is 14.0. The van der Waals surface area contributed by atoms with Crippen LogP contribution < -0.4 is 5.73 Å². The van der Waals surface area contributed by atoms with Crippen molar-refractivity contribution in [2.45, 2.75) is 19.3 Å². The van der Waals surface area contributed by atoms with E-state index in [1.54, 1.807) is 12.3 Å². The van der Waals surface area contributed by atoms with E-state index < -0.39 is 5.82 Å². The predicted molar refractivity (Wildman–Crippen MR) is 92.4 cm³/mol. The maximum atomic E-state index is 14.0. The van der Waals surface area contributed by atoms with Gasteiger partial charge in [0.25, 0.3) is 0 Å². The zero-order chi connectivity index (χ0) is 17.4. The van der Waals surface area contributed by atoms with Gasteiger partial charge in [-0.05, 0) is 37.0 Å². The zero-order valence-corrected chi connectivity index (χ0v) is 13.3. The van der Waals surface area contributed by atoms with Gasteiger partial charge in [0.15, 0.2) is 5.78 Å². The van der Waals surface area contributed by atoms with Crippen LogP contribution in [0.15, 0.2) is 30.7 Å². The molecule has 0 spiro atoms. The van der Waals surface area contributed by atoms with Crippen molar-refractivity contribution >= 4 is 22.6 Å². The summed E-state index contributed by atoms with van der Waals surface area (Å²) < 4.78 is 14.0. The van der Waals surface area contributed by atoms with Gasteiger partial charge in [0.05, 0.1) is 16.5 Å². The summed E-state index contributed by atoms with van der Waals surface area (Å²) >= 11 is 0. The van der Waals surface area contributed by atoms with Gasteiger partial charge in [-0.3, -0.25) is 4.79 Å². The van der Waals surface area contributed by atoms with Gasteiger partial charge in [-0.1, -0.05) is 11.8 Å². The van der Waals surface area contributed by atoms with Gasteiger partial charge < -0.3 is 10.7 Å². The van der Waals surface area contributed by atoms with Crippen LogP contribution >= 0.6 is 0 Å². The normalized spacial score (nSPS) is 13.5. The lowest BCUT2D eigenvalue weighted by atomic mass is 10.0. The Balaban J connectivity index is 1.67. The van der Waals surface area contributed by atoms with Gasteiger partial charge in [0.2, 0.25) is 0 Å². The number of rotatable bonds is 3. The fourth-order valence-electron chi connectivity index (χ4n) is 2.74. The molecule has 0 unspecified atom stereocenters. The zero-order valence-electron chi connectivity index (χ0n) is 13.3. The van der Waals surface area contributed by atoms with E-state index in [1.807, 2.05) is 0 Å². The molecule has 0 bridgehead atoms. The third-order valence-electron chi connectivity index (χ3n) is 4.28. The van der Waals surface area contributed by atoms with Crippen LogP contribution in [-0.2, 0) is 0 Å². The van der Waals surface area contributed by atoms with Crippen LogP contribution in [0, 0.1) is 23.6 Å². The van der Waals surface area contributed by atoms with Crippen molar-refractivity contribution in [3.63, 3.8) is 0 Å². The van der Waals surface area contributed by atoms with E-state index in [1.165, 1.54) is 18.5 Å². The summed E-state index contributed by atoms with van der Waals surface area (Å²) in [5.41, 5.74) is 7.82. The summed E-state index contributed by atoms with van der Waals surface area (Å²) in [5, 5.41) is 0.655. The number of nitrogens with zero attached hydrogens (tertiary/aromatic N) is 2. The van der Waals surface area contributed by atoms with Gasteiger partial charge in [-0.25, -0.2) is 14.4 Å². The summed E-state index contributed by atoms with van der Waals surface area (Å²) in [6, 6.07) is 4.36. The quantitative estimate of drug-likeness (QED) is 0.569. The Hall–Kier alpha value is -3.20. The Bertz CT molecular complexity index is 1040. The fraction of sp³-hybridized carbons (Fsp3) is 0.211. The van der Waals surface area contributed by atoms with Crippen LogP contribution in [-0.4, -0.2) is 20.7 Å². The second-order valence-electron chi connectivity index (χ2n) is 6.20. The summed E-state index contributed by atoms with van der Waals surface area (Å²) in [7, 11) is 0. The molecule has 6 heteroatoms. The minimum absolute atomic E-state index is 0.112. The number of halogens is 1. The molecular weight excluding hydrogens is 319 g/mol. The third kappa shape index (κ3) is 3.09. The van der Waals surface area contributed by atoms with Crippen LogP contribution in [0.1, 0.15) is 40.7 Å². The van der Waals surface area contributed by atoms with E-state index in [0.717, 1.165) is 12.8 Å². The average molecular weight is 334 g/mol. The Morgan fingerprint density at radius 1 is 1.32 bits per heavy atom. The maximum Gasteiger partial charge on any atom is 0.166 e. The van der Waals surface area contributed by atoms with Crippen molar-refractivity contribution in [1.82, 2.24) is 15.0 Å². The molecule has 124 valence electrons. The summed E-state index contributed by atoms with van der Waals surface area (Å²) in [6.45, 7) is 0. The van der Waals surface area contributed by atoms with E-state index in [-0.39, 0.29) is 11.3 Å². The van der Waals surface area contributed by atoms with Gasteiger partial charge in [-0.2, -0.15) is 0 Å². The third-order valence-corrected chi connectivity index (χ3v) is 4.28. The molecule has 0 aliphatic heterocycles. The highest BCUT2D eigenvalue weighted by atomic mass is 19.1. The fourth-order valence-corrected chi connectivity index (χ4v) is 2.74. The van der Waals surface area contributed by atoms with Crippen molar-refractivity contribution in [1.29, 1.82) is 0 Å². The molecule has 0 saturated heterocycles. The standard InChI is InChI=1S/C19H15FN4O/c20-15-6-4-11(7-14(15)16(25)8-12-1-2-12)3-5-13-9-22-19-17(13)18(21)23-10-24-19/h4,6-7,9-10,12H,1-2,8H2,(H3,21,22,23,24). The van der Waals surface area contributed by atoms with E-state index in [2.05, 4.69) is 26.8 Å². The first-order valence-corrected chi connectivity index (χ1v) is 8.04. The second kappa shape index (κ2) is 6.02. The minimum atomic E-state index is -0.499. The number of ketones is 1. The molecule has 2 aromatic heterocycles. The highest BCUT2D eigenvalue weighted by molar-refractivity contribution is 5.97. The predicted octanol–water partition coefficient (Wildman–Crippen LogP) is 3.06. The smallest absolute Gasteiger partial charge is 0.166 e. The van der Waals surface area contributed by atoms with Crippen molar-refractivity contribution in [2.24, 2.45) is 5.92 Å². The lowest BCUT2D eigenvalue weighted by molar-refractivity contribution is 0.0972. The number of anilines is 1. The number of carbonyl (C=O) groups is 1. The SMILES string of the molecule is Nc1ncnc2[nH]cc(C#Cc3ccc(F)c(C(=O)CC4CC4)c3)c12. The van der Waals surface area contributed by atoms with Gasteiger partial charge in [-0.15, -0.1) is 0 Å². The summed E-state index contributed by atoms with van der Waals surface area (Å²) in [6.07, 6.45) is 5.59. The molecule has 0 amide bonds. The molecule has 4 rings (SSSR count). The van der Waals surface area contributed by atoms with E-state index in [0.29, 0.717) is 40.3 Å². The highest BCUT2D eigenvalue weighted by Gasteiger charge is 2.26. The molecule has 5 nitrogen and oxygen atoms in total. The number of aromatic nitrogens is 3. The lowest BCUT2D eigenvalue weighted by Gasteiger charge is -2.02. The van der Waals surface area contributed by atoms with Gasteiger partial charge in [0, 0.05) is 18.2 Å². The number of H-pyrrole nitrogens is 1. The van der Waals surface area contributed by atoms with Crippen molar-refractivity contribution in [2.75, 3.05) is 5.73 Å². The summed E-state index contributed by atoms with van der Waals surface area (Å²) in [4.78, 5) is 23.2. The first kappa shape index (κ1) is 15.3. The number of Topliss-reactive ketones (excluding diaryl/α,β-unsaturated/α-hetero) is 1. The molecule has 1 saturated carbocycles. The Morgan fingerprint density at radius 3 is 2.96 bits per heavy atom. The number of aromatic amines is 1. The van der Waals surface area contributed by atoms with Crippen LogP contribution in [0.2, 0.25) is 0 Å². The van der Waals surface area contributed by atoms with E-state index in [9.17, 15) is 9.18 Å².